The van der Waals surface area contributed by atoms with Crippen molar-refractivity contribution in [1.29, 1.82) is 0 Å². The number of carbonyl (C=O) groups excluding carboxylic acids is 1. The molecule has 1 N–H and O–H groups in total. The van der Waals surface area contributed by atoms with Crippen molar-refractivity contribution in [3.05, 3.63) is 65.5 Å². The Hall–Kier alpha value is -2.20. The fourth-order valence-corrected chi connectivity index (χ4v) is 4.87. The van der Waals surface area contributed by atoms with Crippen LogP contribution in [0.1, 0.15) is 53.7 Å². The van der Waals surface area contributed by atoms with Gasteiger partial charge in [-0.1, -0.05) is 49.2 Å². The van der Waals surface area contributed by atoms with E-state index in [1.165, 1.54) is 0 Å². The number of aryl methyl sites for hydroxylation is 1. The third-order valence-electron chi connectivity index (χ3n) is 6.22. The van der Waals surface area contributed by atoms with Gasteiger partial charge in [0.2, 0.25) is 0 Å². The number of hydrogen-bond donors (Lipinski definition) is 1. The molecule has 1 saturated heterocycles. The van der Waals surface area contributed by atoms with E-state index < -0.39 is 5.60 Å². The van der Waals surface area contributed by atoms with E-state index in [4.69, 9.17) is 0 Å². The standard InChI is InChI=1S/C22H26N2O2/c1-16-8-7-14-23-20(16)21(25)24-15-13-22(26,17-9-3-2-4-10-17)18-11-5-6-12-19(18)24/h2-4,7-10,14,18-19,26H,5-6,11-13,15H2,1H3/t18-,19+,22-/m0/s1. The fraction of sp³-hybridized carbons (Fsp3) is 0.455. The lowest BCUT2D eigenvalue weighted by atomic mass is 9.66. The molecule has 1 aliphatic heterocycles. The van der Waals surface area contributed by atoms with Crippen LogP contribution in [-0.4, -0.2) is 33.5 Å². The smallest absolute Gasteiger partial charge is 0.272 e. The molecule has 0 radical (unpaired) electrons. The Morgan fingerprint density at radius 2 is 1.92 bits per heavy atom. The van der Waals surface area contributed by atoms with E-state index in [1.807, 2.05) is 54.3 Å². The Morgan fingerprint density at radius 1 is 1.15 bits per heavy atom. The van der Waals surface area contributed by atoms with Crippen LogP contribution in [0.4, 0.5) is 0 Å². The van der Waals surface area contributed by atoms with E-state index in [0.29, 0.717) is 18.7 Å². The Kier molecular flexibility index (Phi) is 4.53. The zero-order chi connectivity index (χ0) is 18.1. The second kappa shape index (κ2) is 6.84. The van der Waals surface area contributed by atoms with Crippen LogP contribution in [0.15, 0.2) is 48.7 Å². The first-order valence-electron chi connectivity index (χ1n) is 9.62. The lowest BCUT2D eigenvalue weighted by Crippen LogP contribution is -2.59. The number of aromatic nitrogens is 1. The predicted octanol–water partition coefficient (Wildman–Crippen LogP) is 3.68. The van der Waals surface area contributed by atoms with E-state index in [1.54, 1.807) is 6.20 Å². The zero-order valence-corrected chi connectivity index (χ0v) is 15.3. The molecule has 2 heterocycles. The number of benzene rings is 1. The molecule has 1 amide bonds. The largest absolute Gasteiger partial charge is 0.385 e. The van der Waals surface area contributed by atoms with E-state index in [2.05, 4.69) is 4.98 Å². The van der Waals surface area contributed by atoms with Gasteiger partial charge in [0.05, 0.1) is 5.60 Å². The van der Waals surface area contributed by atoms with Crippen LogP contribution in [0.2, 0.25) is 0 Å². The summed E-state index contributed by atoms with van der Waals surface area (Å²) >= 11 is 0. The molecule has 4 nitrogen and oxygen atoms in total. The summed E-state index contributed by atoms with van der Waals surface area (Å²) in [4.78, 5) is 19.5. The Balaban J connectivity index is 1.67. The van der Waals surface area contributed by atoms with Crippen LogP contribution in [-0.2, 0) is 5.60 Å². The minimum absolute atomic E-state index is 0.00936. The first-order valence-corrected chi connectivity index (χ1v) is 9.62. The number of aliphatic hydroxyl groups is 1. The summed E-state index contributed by atoms with van der Waals surface area (Å²) in [5, 5.41) is 11.6. The van der Waals surface area contributed by atoms with Crippen LogP contribution in [0.5, 0.6) is 0 Å². The third kappa shape index (κ3) is 2.82. The maximum atomic E-state index is 13.2. The highest BCUT2D eigenvalue weighted by molar-refractivity contribution is 5.94. The highest BCUT2D eigenvalue weighted by Crippen LogP contribution is 2.47. The highest BCUT2D eigenvalue weighted by Gasteiger charge is 2.50. The SMILES string of the molecule is Cc1cccnc1C(=O)N1CC[C@](O)(c2ccccc2)[C@H]2CCCC[C@H]21. The van der Waals surface area contributed by atoms with E-state index in [0.717, 1.165) is 36.8 Å². The average molecular weight is 350 g/mol. The van der Waals surface area contributed by atoms with Gasteiger partial charge in [-0.15, -0.1) is 0 Å². The number of fused-ring (bicyclic) bond motifs is 1. The van der Waals surface area contributed by atoms with Gasteiger partial charge in [-0.2, -0.15) is 0 Å². The van der Waals surface area contributed by atoms with Gasteiger partial charge in [-0.25, -0.2) is 0 Å². The maximum absolute atomic E-state index is 13.2. The van der Waals surface area contributed by atoms with Crippen molar-refractivity contribution in [1.82, 2.24) is 9.88 Å². The summed E-state index contributed by atoms with van der Waals surface area (Å²) in [5.41, 5.74) is 1.59. The molecule has 4 rings (SSSR count). The Labute approximate surface area is 154 Å². The third-order valence-corrected chi connectivity index (χ3v) is 6.22. The number of pyridine rings is 1. The summed E-state index contributed by atoms with van der Waals surface area (Å²) in [6, 6.07) is 13.9. The second-order valence-electron chi connectivity index (χ2n) is 7.67. The van der Waals surface area contributed by atoms with Gasteiger partial charge in [-0.3, -0.25) is 9.78 Å². The topological polar surface area (TPSA) is 53.4 Å². The van der Waals surface area contributed by atoms with E-state index in [9.17, 15) is 9.90 Å². The number of nitrogens with zero attached hydrogens (tertiary/aromatic N) is 2. The van der Waals surface area contributed by atoms with Gasteiger partial charge in [0.1, 0.15) is 5.69 Å². The van der Waals surface area contributed by atoms with Crippen LogP contribution in [0.25, 0.3) is 0 Å². The van der Waals surface area contributed by atoms with Gasteiger partial charge in [0.15, 0.2) is 0 Å². The van der Waals surface area contributed by atoms with Crippen molar-refractivity contribution in [3.8, 4) is 0 Å². The molecular formula is C22H26N2O2. The summed E-state index contributed by atoms with van der Waals surface area (Å²) in [6.07, 6.45) is 6.40. The van der Waals surface area contributed by atoms with Gasteiger partial charge in [0, 0.05) is 24.7 Å². The van der Waals surface area contributed by atoms with Crippen LogP contribution >= 0.6 is 0 Å². The van der Waals surface area contributed by atoms with Crippen molar-refractivity contribution in [2.24, 2.45) is 5.92 Å². The molecule has 2 aromatic rings. The molecule has 136 valence electrons. The quantitative estimate of drug-likeness (QED) is 0.899. The first-order chi connectivity index (χ1) is 12.6. The molecule has 1 saturated carbocycles. The molecule has 26 heavy (non-hydrogen) atoms. The fourth-order valence-electron chi connectivity index (χ4n) is 4.87. The van der Waals surface area contributed by atoms with Gasteiger partial charge >= 0.3 is 0 Å². The van der Waals surface area contributed by atoms with Crippen LogP contribution < -0.4 is 0 Å². The molecule has 1 aliphatic carbocycles. The highest BCUT2D eigenvalue weighted by atomic mass is 16.3. The lowest BCUT2D eigenvalue weighted by molar-refractivity contribution is -0.110. The Bertz CT molecular complexity index is 792. The molecule has 4 heteroatoms. The monoisotopic (exact) mass is 350 g/mol. The van der Waals surface area contributed by atoms with Crippen LogP contribution in [0, 0.1) is 12.8 Å². The first kappa shape index (κ1) is 17.2. The van der Waals surface area contributed by atoms with Crippen molar-refractivity contribution in [2.75, 3.05) is 6.54 Å². The average Bonchev–Trinajstić information content (AvgIpc) is 2.69. The molecule has 0 bridgehead atoms. The van der Waals surface area contributed by atoms with Crippen molar-refractivity contribution in [3.63, 3.8) is 0 Å². The maximum Gasteiger partial charge on any atom is 0.272 e. The molecule has 0 unspecified atom stereocenters. The van der Waals surface area contributed by atoms with Gasteiger partial charge < -0.3 is 10.0 Å². The summed E-state index contributed by atoms with van der Waals surface area (Å²) in [7, 11) is 0. The summed E-state index contributed by atoms with van der Waals surface area (Å²) in [6.45, 7) is 2.50. The van der Waals surface area contributed by atoms with Gasteiger partial charge in [-0.05, 0) is 43.4 Å². The number of carbonyl (C=O) groups is 1. The Morgan fingerprint density at radius 3 is 2.69 bits per heavy atom. The van der Waals surface area contributed by atoms with Gasteiger partial charge in [0.25, 0.3) is 5.91 Å². The number of hydrogen-bond acceptors (Lipinski definition) is 3. The minimum Gasteiger partial charge on any atom is -0.385 e. The summed E-state index contributed by atoms with van der Waals surface area (Å²) in [5.74, 6) is 0.0930. The van der Waals surface area contributed by atoms with Crippen molar-refractivity contribution < 1.29 is 9.90 Å². The van der Waals surface area contributed by atoms with Crippen molar-refractivity contribution >= 4 is 5.91 Å². The molecule has 2 aliphatic rings. The number of amides is 1. The number of rotatable bonds is 2. The molecule has 3 atom stereocenters. The molecule has 1 aromatic heterocycles. The minimum atomic E-state index is -0.845. The summed E-state index contributed by atoms with van der Waals surface area (Å²) < 4.78 is 0. The lowest BCUT2D eigenvalue weighted by Gasteiger charge is -2.52. The normalized spacial score (nSPS) is 28.5. The van der Waals surface area contributed by atoms with Crippen molar-refractivity contribution in [2.45, 2.75) is 50.7 Å². The molecular weight excluding hydrogens is 324 g/mol. The molecule has 0 spiro atoms. The zero-order valence-electron chi connectivity index (χ0n) is 15.3. The van der Waals surface area contributed by atoms with E-state index >= 15 is 0 Å². The number of piperidine rings is 1. The number of likely N-dealkylation sites (tertiary alicyclic amines) is 1. The predicted molar refractivity (Wildman–Crippen MR) is 101 cm³/mol. The molecule has 1 aromatic carbocycles. The van der Waals surface area contributed by atoms with E-state index in [-0.39, 0.29) is 17.9 Å². The second-order valence-corrected chi connectivity index (χ2v) is 7.67. The van der Waals surface area contributed by atoms with Crippen LogP contribution in [0.3, 0.4) is 0 Å². The molecule has 2 fully saturated rings.